The predicted octanol–water partition coefficient (Wildman–Crippen LogP) is 3.90. The maximum atomic E-state index is 13.7. The number of aromatic nitrogens is 2. The highest BCUT2D eigenvalue weighted by Gasteiger charge is 2.15. The van der Waals surface area contributed by atoms with Crippen molar-refractivity contribution in [2.75, 3.05) is 5.32 Å². The first-order valence-electron chi connectivity index (χ1n) is 8.39. The Morgan fingerprint density at radius 1 is 1.19 bits per heavy atom. The fourth-order valence-corrected chi connectivity index (χ4v) is 2.82. The van der Waals surface area contributed by atoms with Gasteiger partial charge >= 0.3 is 0 Å². The van der Waals surface area contributed by atoms with E-state index in [9.17, 15) is 14.0 Å². The molecule has 0 saturated heterocycles. The molecule has 0 atom stereocenters. The van der Waals surface area contributed by atoms with Gasteiger partial charge in [-0.25, -0.2) is 9.37 Å². The van der Waals surface area contributed by atoms with Crippen molar-refractivity contribution in [1.82, 2.24) is 9.55 Å². The number of carbonyl (C=O) groups is 1. The Bertz CT molecular complexity index is 1050. The van der Waals surface area contributed by atoms with Crippen LogP contribution in [-0.4, -0.2) is 15.5 Å². The van der Waals surface area contributed by atoms with E-state index in [0.29, 0.717) is 28.5 Å². The van der Waals surface area contributed by atoms with Gasteiger partial charge in [0.25, 0.3) is 5.56 Å². The topological polar surface area (TPSA) is 64.0 Å². The van der Waals surface area contributed by atoms with Crippen molar-refractivity contribution < 1.29 is 9.18 Å². The number of hydrogen-bond acceptors (Lipinski definition) is 3. The Morgan fingerprint density at radius 2 is 1.96 bits per heavy atom. The number of halogens is 2. The molecule has 1 N–H and O–H groups in total. The quantitative estimate of drug-likeness (QED) is 0.724. The lowest BCUT2D eigenvalue weighted by Crippen LogP contribution is -2.30. The molecule has 0 fully saturated rings. The molecule has 0 aliphatic heterocycles. The van der Waals surface area contributed by atoms with Gasteiger partial charge in [0.2, 0.25) is 5.91 Å². The number of nitrogens with one attached hydrogen (secondary N) is 1. The summed E-state index contributed by atoms with van der Waals surface area (Å²) >= 11 is 6.05. The van der Waals surface area contributed by atoms with Crippen molar-refractivity contribution in [3.63, 3.8) is 0 Å². The third kappa shape index (κ3) is 4.41. The highest BCUT2D eigenvalue weighted by molar-refractivity contribution is 6.30. The minimum absolute atomic E-state index is 0.0537. The molecule has 0 aliphatic rings. The molecule has 7 heteroatoms. The zero-order valence-corrected chi connectivity index (χ0v) is 15.3. The number of nitrogens with zero attached hydrogens (tertiary/aromatic N) is 2. The summed E-state index contributed by atoms with van der Waals surface area (Å²) in [7, 11) is 0. The van der Waals surface area contributed by atoms with Crippen molar-refractivity contribution in [3.8, 4) is 11.4 Å². The van der Waals surface area contributed by atoms with Crippen LogP contribution in [-0.2, 0) is 17.8 Å². The fourth-order valence-electron chi connectivity index (χ4n) is 2.63. The highest BCUT2D eigenvalue weighted by Crippen LogP contribution is 2.21. The van der Waals surface area contributed by atoms with Gasteiger partial charge in [-0.15, -0.1) is 0 Å². The molecule has 0 aliphatic carbocycles. The molecule has 0 unspecified atom stereocenters. The van der Waals surface area contributed by atoms with Crippen LogP contribution in [0.2, 0.25) is 5.02 Å². The summed E-state index contributed by atoms with van der Waals surface area (Å²) in [6, 6.07) is 14.1. The molecule has 2 aromatic carbocycles. The summed E-state index contributed by atoms with van der Waals surface area (Å²) in [6.07, 6.45) is 0.574. The van der Waals surface area contributed by atoms with Crippen LogP contribution in [0.15, 0.2) is 59.4 Å². The van der Waals surface area contributed by atoms with Gasteiger partial charge in [0.15, 0.2) is 0 Å². The molecule has 5 nitrogen and oxygen atoms in total. The number of aryl methyl sites for hydroxylation is 1. The van der Waals surface area contributed by atoms with Gasteiger partial charge in [-0.05, 0) is 30.7 Å². The number of para-hydroxylation sites is 1. The minimum atomic E-state index is -0.548. The Kier molecular flexibility index (Phi) is 5.66. The standard InChI is InChI=1S/C20H17ClFN3O2/c1-2-15-11-19(27)25(20(23-15)13-6-5-7-14(21)10-13)12-18(26)24-17-9-4-3-8-16(17)22/h3-11H,2,12H2,1H3,(H,24,26). The Balaban J connectivity index is 1.98. The Labute approximate surface area is 160 Å². The molecule has 27 heavy (non-hydrogen) atoms. The normalized spacial score (nSPS) is 10.6. The zero-order chi connectivity index (χ0) is 19.4. The molecular weight excluding hydrogens is 369 g/mol. The average Bonchev–Trinajstić information content (AvgIpc) is 2.65. The SMILES string of the molecule is CCc1cc(=O)n(CC(=O)Nc2ccccc2F)c(-c2cccc(Cl)c2)n1. The van der Waals surface area contributed by atoms with E-state index in [1.165, 1.54) is 28.8 Å². The van der Waals surface area contributed by atoms with Crippen molar-refractivity contribution in [1.29, 1.82) is 0 Å². The van der Waals surface area contributed by atoms with E-state index in [0.717, 1.165) is 0 Å². The third-order valence-corrected chi connectivity index (χ3v) is 4.19. The van der Waals surface area contributed by atoms with Gasteiger partial charge in [-0.1, -0.05) is 42.8 Å². The van der Waals surface area contributed by atoms with Gasteiger partial charge in [-0.2, -0.15) is 0 Å². The molecule has 1 heterocycles. The number of carbonyl (C=O) groups excluding carboxylic acids is 1. The van der Waals surface area contributed by atoms with Crippen LogP contribution in [0.4, 0.5) is 10.1 Å². The molecule has 0 bridgehead atoms. The molecule has 3 rings (SSSR count). The van der Waals surface area contributed by atoms with Crippen LogP contribution in [0.25, 0.3) is 11.4 Å². The minimum Gasteiger partial charge on any atom is -0.322 e. The zero-order valence-electron chi connectivity index (χ0n) is 14.6. The molecule has 3 aromatic rings. The Morgan fingerprint density at radius 3 is 2.67 bits per heavy atom. The smallest absolute Gasteiger partial charge is 0.254 e. The largest absolute Gasteiger partial charge is 0.322 e. The summed E-state index contributed by atoms with van der Waals surface area (Å²) in [5.74, 6) is -0.741. The van der Waals surface area contributed by atoms with Gasteiger partial charge < -0.3 is 5.32 Å². The van der Waals surface area contributed by atoms with E-state index >= 15 is 0 Å². The van der Waals surface area contributed by atoms with Crippen LogP contribution in [0.1, 0.15) is 12.6 Å². The lowest BCUT2D eigenvalue weighted by Gasteiger charge is -2.14. The summed E-state index contributed by atoms with van der Waals surface area (Å²) in [6.45, 7) is 1.59. The van der Waals surface area contributed by atoms with Gasteiger partial charge in [-0.3, -0.25) is 14.2 Å². The summed E-state index contributed by atoms with van der Waals surface area (Å²) in [5.41, 5.74) is 0.924. The first-order valence-corrected chi connectivity index (χ1v) is 8.77. The van der Waals surface area contributed by atoms with E-state index in [1.54, 1.807) is 30.3 Å². The van der Waals surface area contributed by atoms with Crippen molar-refractivity contribution in [3.05, 3.63) is 81.5 Å². The fraction of sp³-hybridized carbons (Fsp3) is 0.150. The van der Waals surface area contributed by atoms with Crippen LogP contribution in [0, 0.1) is 5.82 Å². The lowest BCUT2D eigenvalue weighted by atomic mass is 10.2. The number of hydrogen-bond donors (Lipinski definition) is 1. The summed E-state index contributed by atoms with van der Waals surface area (Å²) in [5, 5.41) is 2.97. The first-order chi connectivity index (χ1) is 13.0. The van der Waals surface area contributed by atoms with E-state index in [1.807, 2.05) is 6.92 Å². The lowest BCUT2D eigenvalue weighted by molar-refractivity contribution is -0.116. The van der Waals surface area contributed by atoms with Crippen LogP contribution < -0.4 is 10.9 Å². The second kappa shape index (κ2) is 8.14. The summed E-state index contributed by atoms with van der Waals surface area (Å²) in [4.78, 5) is 29.5. The number of benzene rings is 2. The van der Waals surface area contributed by atoms with Crippen LogP contribution >= 0.6 is 11.6 Å². The highest BCUT2D eigenvalue weighted by atomic mass is 35.5. The molecule has 1 amide bonds. The van der Waals surface area contributed by atoms with Gasteiger partial charge in [0, 0.05) is 22.3 Å². The molecular formula is C20H17ClFN3O2. The van der Waals surface area contributed by atoms with Crippen LogP contribution in [0.5, 0.6) is 0 Å². The predicted molar refractivity (Wildman–Crippen MR) is 103 cm³/mol. The Hall–Kier alpha value is -2.99. The van der Waals surface area contributed by atoms with Crippen molar-refractivity contribution in [2.24, 2.45) is 0 Å². The maximum absolute atomic E-state index is 13.7. The van der Waals surface area contributed by atoms with E-state index in [-0.39, 0.29) is 17.8 Å². The van der Waals surface area contributed by atoms with E-state index in [4.69, 9.17) is 11.6 Å². The van der Waals surface area contributed by atoms with E-state index in [2.05, 4.69) is 10.3 Å². The third-order valence-electron chi connectivity index (χ3n) is 3.96. The van der Waals surface area contributed by atoms with Crippen molar-refractivity contribution in [2.45, 2.75) is 19.9 Å². The van der Waals surface area contributed by atoms with Crippen LogP contribution in [0.3, 0.4) is 0 Å². The van der Waals surface area contributed by atoms with Crippen molar-refractivity contribution >= 4 is 23.2 Å². The number of anilines is 1. The van der Waals surface area contributed by atoms with Gasteiger partial charge in [0.05, 0.1) is 5.69 Å². The number of rotatable bonds is 5. The second-order valence-corrected chi connectivity index (χ2v) is 6.32. The molecule has 0 radical (unpaired) electrons. The average molecular weight is 386 g/mol. The molecule has 0 saturated carbocycles. The monoisotopic (exact) mass is 385 g/mol. The van der Waals surface area contributed by atoms with Gasteiger partial charge in [0.1, 0.15) is 18.2 Å². The summed E-state index contributed by atoms with van der Waals surface area (Å²) < 4.78 is 15.0. The maximum Gasteiger partial charge on any atom is 0.254 e. The molecule has 0 spiro atoms. The number of amides is 1. The molecule has 138 valence electrons. The first kappa shape index (κ1) is 18.8. The molecule has 1 aromatic heterocycles. The second-order valence-electron chi connectivity index (χ2n) is 5.89. The van der Waals surface area contributed by atoms with E-state index < -0.39 is 11.7 Å².